The number of rotatable bonds is 4. The van der Waals surface area contributed by atoms with Gasteiger partial charge in [-0.2, -0.15) is 0 Å². The summed E-state index contributed by atoms with van der Waals surface area (Å²) in [4.78, 5) is 0. The summed E-state index contributed by atoms with van der Waals surface area (Å²) in [5.41, 5.74) is 0.739. The molecule has 1 N–H and O–H groups in total. The zero-order chi connectivity index (χ0) is 11.4. The third-order valence-corrected chi connectivity index (χ3v) is 3.77. The molecule has 2 rings (SSSR count). The summed E-state index contributed by atoms with van der Waals surface area (Å²) in [6, 6.07) is 7.37. The number of alkyl halides is 1. The highest BCUT2D eigenvalue weighted by Crippen LogP contribution is 2.26. The van der Waals surface area contributed by atoms with Crippen molar-refractivity contribution in [3.8, 4) is 0 Å². The fourth-order valence-electron chi connectivity index (χ4n) is 2.37. The Morgan fingerprint density at radius 3 is 2.88 bits per heavy atom. The standard InChI is InChI=1S/C13H17ClFN/c14-8-10-5-3-7-13(10)16-9-11-4-1-2-6-12(11)15/h1-2,4,6,10,13,16H,3,5,7-9H2. The van der Waals surface area contributed by atoms with Gasteiger partial charge in [-0.1, -0.05) is 24.6 Å². The molecule has 1 aliphatic carbocycles. The Hall–Kier alpha value is -0.600. The monoisotopic (exact) mass is 241 g/mol. The normalized spacial score (nSPS) is 24.9. The lowest BCUT2D eigenvalue weighted by molar-refractivity contribution is 0.425. The van der Waals surface area contributed by atoms with Gasteiger partial charge in [0, 0.05) is 24.0 Å². The molecule has 1 aromatic rings. The first-order valence-electron chi connectivity index (χ1n) is 5.84. The van der Waals surface area contributed by atoms with Crippen LogP contribution in [0.4, 0.5) is 4.39 Å². The summed E-state index contributed by atoms with van der Waals surface area (Å²) in [7, 11) is 0. The molecule has 0 radical (unpaired) electrons. The van der Waals surface area contributed by atoms with Crippen LogP contribution in [0.2, 0.25) is 0 Å². The SMILES string of the molecule is Fc1ccccc1CNC1CCCC1CCl. The second kappa shape index (κ2) is 5.65. The topological polar surface area (TPSA) is 12.0 Å². The Morgan fingerprint density at radius 2 is 2.12 bits per heavy atom. The average molecular weight is 242 g/mol. The van der Waals surface area contributed by atoms with Crippen LogP contribution in [0.25, 0.3) is 0 Å². The van der Waals surface area contributed by atoms with Gasteiger partial charge in [-0.15, -0.1) is 11.6 Å². The highest BCUT2D eigenvalue weighted by Gasteiger charge is 2.25. The van der Waals surface area contributed by atoms with E-state index in [-0.39, 0.29) is 5.82 Å². The maximum atomic E-state index is 13.4. The van der Waals surface area contributed by atoms with E-state index >= 15 is 0 Å². The first-order chi connectivity index (χ1) is 7.81. The van der Waals surface area contributed by atoms with E-state index in [1.165, 1.54) is 18.9 Å². The summed E-state index contributed by atoms with van der Waals surface area (Å²) in [5, 5.41) is 3.42. The molecule has 0 heterocycles. The zero-order valence-corrected chi connectivity index (χ0v) is 10.0. The summed E-state index contributed by atoms with van der Waals surface area (Å²) in [6.07, 6.45) is 3.58. The molecule has 1 nitrogen and oxygen atoms in total. The summed E-state index contributed by atoms with van der Waals surface area (Å²) in [6.45, 7) is 0.602. The molecule has 0 amide bonds. The van der Waals surface area contributed by atoms with E-state index in [1.54, 1.807) is 6.07 Å². The highest BCUT2D eigenvalue weighted by molar-refractivity contribution is 6.18. The number of hydrogen-bond donors (Lipinski definition) is 1. The van der Waals surface area contributed by atoms with E-state index in [0.29, 0.717) is 24.4 Å². The van der Waals surface area contributed by atoms with Crippen molar-refractivity contribution >= 4 is 11.6 Å². The van der Waals surface area contributed by atoms with Crippen molar-refractivity contribution in [1.82, 2.24) is 5.32 Å². The van der Waals surface area contributed by atoms with Gasteiger partial charge in [0.05, 0.1) is 0 Å². The van der Waals surface area contributed by atoms with Crippen LogP contribution >= 0.6 is 11.6 Å². The van der Waals surface area contributed by atoms with Crippen molar-refractivity contribution in [2.75, 3.05) is 5.88 Å². The molecular formula is C13H17ClFN. The van der Waals surface area contributed by atoms with Crippen molar-refractivity contribution in [1.29, 1.82) is 0 Å². The smallest absolute Gasteiger partial charge is 0.127 e. The van der Waals surface area contributed by atoms with Gasteiger partial charge in [0.1, 0.15) is 5.82 Å². The quantitative estimate of drug-likeness (QED) is 0.798. The largest absolute Gasteiger partial charge is 0.309 e. The van der Waals surface area contributed by atoms with Crippen LogP contribution < -0.4 is 5.32 Å². The Morgan fingerprint density at radius 1 is 1.31 bits per heavy atom. The summed E-state index contributed by atoms with van der Waals surface area (Å²) < 4.78 is 13.4. The van der Waals surface area contributed by atoms with Crippen molar-refractivity contribution in [2.24, 2.45) is 5.92 Å². The first kappa shape index (κ1) is 11.9. The third-order valence-electron chi connectivity index (χ3n) is 3.37. The van der Waals surface area contributed by atoms with Crippen LogP contribution in [0.3, 0.4) is 0 Å². The Kier molecular flexibility index (Phi) is 4.19. The summed E-state index contributed by atoms with van der Waals surface area (Å²) in [5.74, 6) is 1.12. The van der Waals surface area contributed by atoms with Gasteiger partial charge in [-0.05, 0) is 24.8 Å². The number of hydrogen-bond acceptors (Lipinski definition) is 1. The lowest BCUT2D eigenvalue weighted by Crippen LogP contribution is -2.32. The Bertz CT molecular complexity index is 342. The Labute approximate surface area is 101 Å². The molecule has 2 atom stereocenters. The lowest BCUT2D eigenvalue weighted by Gasteiger charge is -2.19. The Balaban J connectivity index is 1.90. The van der Waals surface area contributed by atoms with Crippen LogP contribution in [0.5, 0.6) is 0 Å². The van der Waals surface area contributed by atoms with E-state index < -0.39 is 0 Å². The van der Waals surface area contributed by atoms with Crippen LogP contribution in [0.15, 0.2) is 24.3 Å². The molecule has 1 aromatic carbocycles. The number of nitrogens with one attached hydrogen (secondary N) is 1. The predicted molar refractivity (Wildman–Crippen MR) is 65.1 cm³/mol. The van der Waals surface area contributed by atoms with Crippen LogP contribution in [-0.4, -0.2) is 11.9 Å². The molecule has 0 spiro atoms. The highest BCUT2D eigenvalue weighted by atomic mass is 35.5. The molecule has 1 aliphatic rings. The maximum Gasteiger partial charge on any atom is 0.127 e. The van der Waals surface area contributed by atoms with Gasteiger partial charge in [0.2, 0.25) is 0 Å². The van der Waals surface area contributed by atoms with Crippen molar-refractivity contribution in [2.45, 2.75) is 31.8 Å². The van der Waals surface area contributed by atoms with Crippen molar-refractivity contribution in [3.05, 3.63) is 35.6 Å². The fourth-order valence-corrected chi connectivity index (χ4v) is 2.74. The minimum Gasteiger partial charge on any atom is -0.309 e. The fraction of sp³-hybridized carbons (Fsp3) is 0.538. The molecular weight excluding hydrogens is 225 g/mol. The van der Waals surface area contributed by atoms with E-state index in [2.05, 4.69) is 5.32 Å². The minimum atomic E-state index is -0.129. The van der Waals surface area contributed by atoms with Gasteiger partial charge in [0.15, 0.2) is 0 Å². The van der Waals surface area contributed by atoms with Gasteiger partial charge in [-0.3, -0.25) is 0 Å². The van der Waals surface area contributed by atoms with E-state index in [9.17, 15) is 4.39 Å². The third kappa shape index (κ3) is 2.74. The second-order valence-corrected chi connectivity index (χ2v) is 4.73. The first-order valence-corrected chi connectivity index (χ1v) is 6.37. The second-order valence-electron chi connectivity index (χ2n) is 4.42. The number of halogens is 2. The number of benzene rings is 1. The molecule has 16 heavy (non-hydrogen) atoms. The molecule has 1 saturated carbocycles. The van der Waals surface area contributed by atoms with Gasteiger partial charge in [0.25, 0.3) is 0 Å². The molecule has 0 bridgehead atoms. The van der Waals surface area contributed by atoms with Crippen molar-refractivity contribution < 1.29 is 4.39 Å². The van der Waals surface area contributed by atoms with E-state index in [4.69, 9.17) is 11.6 Å². The van der Waals surface area contributed by atoms with Gasteiger partial charge >= 0.3 is 0 Å². The van der Waals surface area contributed by atoms with Gasteiger partial charge in [-0.25, -0.2) is 4.39 Å². The average Bonchev–Trinajstić information content (AvgIpc) is 2.75. The molecule has 3 heteroatoms. The molecule has 0 aromatic heterocycles. The molecule has 0 saturated heterocycles. The van der Waals surface area contributed by atoms with Gasteiger partial charge < -0.3 is 5.32 Å². The lowest BCUT2D eigenvalue weighted by atomic mass is 10.1. The zero-order valence-electron chi connectivity index (χ0n) is 9.26. The maximum absolute atomic E-state index is 13.4. The van der Waals surface area contributed by atoms with E-state index in [1.807, 2.05) is 12.1 Å². The van der Waals surface area contributed by atoms with Crippen molar-refractivity contribution in [3.63, 3.8) is 0 Å². The van der Waals surface area contributed by atoms with Crippen LogP contribution in [-0.2, 0) is 6.54 Å². The molecule has 0 aliphatic heterocycles. The minimum absolute atomic E-state index is 0.129. The van der Waals surface area contributed by atoms with Crippen LogP contribution in [0.1, 0.15) is 24.8 Å². The molecule has 88 valence electrons. The summed E-state index contributed by atoms with van der Waals surface area (Å²) >= 11 is 5.90. The predicted octanol–water partition coefficient (Wildman–Crippen LogP) is 3.32. The molecule has 2 unspecified atom stereocenters. The van der Waals surface area contributed by atoms with E-state index in [0.717, 1.165) is 12.0 Å². The molecule has 1 fully saturated rings. The van der Waals surface area contributed by atoms with Crippen LogP contribution in [0, 0.1) is 11.7 Å².